The van der Waals surface area contributed by atoms with Crippen LogP contribution in [0.1, 0.15) is 18.9 Å². The number of aryl methyl sites for hydroxylation is 1. The second-order valence-electron chi connectivity index (χ2n) is 4.33. The van der Waals surface area contributed by atoms with Crippen molar-refractivity contribution in [2.24, 2.45) is 5.73 Å². The summed E-state index contributed by atoms with van der Waals surface area (Å²) in [6.07, 6.45) is 2.36. The number of hydrogen-bond acceptors (Lipinski definition) is 2. The summed E-state index contributed by atoms with van der Waals surface area (Å²) in [6, 6.07) is 10.9. The van der Waals surface area contributed by atoms with Gasteiger partial charge in [0.05, 0.1) is 0 Å². The average Bonchev–Trinajstić information content (AvgIpc) is 2.18. The van der Waals surface area contributed by atoms with Crippen molar-refractivity contribution >= 4 is 0 Å². The van der Waals surface area contributed by atoms with Crippen LogP contribution in [0.2, 0.25) is 0 Å². The molecule has 1 aromatic carbocycles. The first kappa shape index (κ1) is 12.2. The lowest BCUT2D eigenvalue weighted by Crippen LogP contribution is -2.33. The first-order chi connectivity index (χ1) is 7.18. The Morgan fingerprint density at radius 1 is 1.27 bits per heavy atom. The monoisotopic (exact) mass is 206 g/mol. The van der Waals surface area contributed by atoms with Crippen LogP contribution >= 0.6 is 0 Å². The third kappa shape index (κ3) is 5.55. The summed E-state index contributed by atoms with van der Waals surface area (Å²) < 4.78 is 0. The Hall–Kier alpha value is -0.860. The van der Waals surface area contributed by atoms with Gasteiger partial charge in [-0.05, 0) is 38.9 Å². The van der Waals surface area contributed by atoms with Gasteiger partial charge >= 0.3 is 0 Å². The van der Waals surface area contributed by atoms with Crippen LogP contribution in [-0.4, -0.2) is 31.1 Å². The van der Waals surface area contributed by atoms with Gasteiger partial charge in [-0.2, -0.15) is 0 Å². The highest BCUT2D eigenvalue weighted by Gasteiger charge is 2.01. The van der Waals surface area contributed by atoms with E-state index < -0.39 is 0 Å². The minimum absolute atomic E-state index is 0.270. The van der Waals surface area contributed by atoms with E-state index >= 15 is 0 Å². The predicted octanol–water partition coefficient (Wildman–Crippen LogP) is 1.90. The second-order valence-corrected chi connectivity index (χ2v) is 4.33. The van der Waals surface area contributed by atoms with Crippen molar-refractivity contribution in [1.29, 1.82) is 0 Å². The first-order valence-electron chi connectivity index (χ1n) is 5.66. The van der Waals surface area contributed by atoms with E-state index in [4.69, 9.17) is 5.73 Å². The lowest BCUT2D eigenvalue weighted by atomic mass is 10.1. The summed E-state index contributed by atoms with van der Waals surface area (Å²) >= 11 is 0. The van der Waals surface area contributed by atoms with E-state index in [1.54, 1.807) is 0 Å². The van der Waals surface area contributed by atoms with E-state index in [-0.39, 0.29) is 6.04 Å². The lowest BCUT2D eigenvalue weighted by Gasteiger charge is -2.18. The highest BCUT2D eigenvalue weighted by atomic mass is 15.1. The predicted molar refractivity (Wildman–Crippen MR) is 65.9 cm³/mol. The van der Waals surface area contributed by atoms with Gasteiger partial charge in [-0.1, -0.05) is 30.3 Å². The Morgan fingerprint density at radius 2 is 1.93 bits per heavy atom. The molecule has 15 heavy (non-hydrogen) atoms. The van der Waals surface area contributed by atoms with Gasteiger partial charge in [0.25, 0.3) is 0 Å². The summed E-state index contributed by atoms with van der Waals surface area (Å²) in [5.74, 6) is 0. The number of benzene rings is 1. The topological polar surface area (TPSA) is 29.3 Å². The number of rotatable bonds is 6. The van der Waals surface area contributed by atoms with Gasteiger partial charge in [0, 0.05) is 12.6 Å². The summed E-state index contributed by atoms with van der Waals surface area (Å²) in [6.45, 7) is 4.15. The molecule has 0 saturated carbocycles. The molecule has 2 heteroatoms. The molecule has 1 rings (SSSR count). The Balaban J connectivity index is 2.16. The molecule has 0 aliphatic heterocycles. The second kappa shape index (κ2) is 6.59. The number of hydrogen-bond donors (Lipinski definition) is 1. The van der Waals surface area contributed by atoms with Crippen molar-refractivity contribution in [3.63, 3.8) is 0 Å². The fourth-order valence-corrected chi connectivity index (χ4v) is 1.78. The molecule has 0 aromatic heterocycles. The van der Waals surface area contributed by atoms with Crippen LogP contribution in [0, 0.1) is 0 Å². The Kier molecular flexibility index (Phi) is 5.37. The van der Waals surface area contributed by atoms with Crippen molar-refractivity contribution < 1.29 is 0 Å². The number of nitrogens with zero attached hydrogens (tertiary/aromatic N) is 1. The molecule has 0 aliphatic carbocycles. The third-order valence-electron chi connectivity index (χ3n) is 2.45. The molecule has 0 heterocycles. The summed E-state index contributed by atoms with van der Waals surface area (Å²) in [5, 5.41) is 0. The molecule has 0 bridgehead atoms. The first-order valence-corrected chi connectivity index (χ1v) is 5.66. The van der Waals surface area contributed by atoms with Crippen molar-refractivity contribution in [2.45, 2.75) is 25.8 Å². The standard InChI is InChI=1S/C13H22N2/c1-12(14)11-15(2)10-6-9-13-7-4-3-5-8-13/h3-5,7-8,12H,6,9-11,14H2,1-2H3. The van der Waals surface area contributed by atoms with Crippen LogP contribution in [0.4, 0.5) is 0 Å². The van der Waals surface area contributed by atoms with E-state index in [1.807, 2.05) is 6.92 Å². The van der Waals surface area contributed by atoms with E-state index in [0.717, 1.165) is 19.5 Å². The highest BCUT2D eigenvalue weighted by Crippen LogP contribution is 2.02. The molecule has 0 amide bonds. The molecule has 84 valence electrons. The molecule has 2 nitrogen and oxygen atoms in total. The van der Waals surface area contributed by atoms with E-state index in [0.29, 0.717) is 0 Å². The van der Waals surface area contributed by atoms with Crippen LogP contribution in [0.3, 0.4) is 0 Å². The molecular weight excluding hydrogens is 184 g/mol. The minimum atomic E-state index is 0.270. The van der Waals surface area contributed by atoms with Crippen LogP contribution in [0.5, 0.6) is 0 Å². The summed E-state index contributed by atoms with van der Waals surface area (Å²) in [7, 11) is 2.13. The molecule has 1 unspecified atom stereocenters. The molecule has 0 aliphatic rings. The van der Waals surface area contributed by atoms with E-state index in [9.17, 15) is 0 Å². The lowest BCUT2D eigenvalue weighted by molar-refractivity contribution is 0.313. The van der Waals surface area contributed by atoms with Gasteiger partial charge in [-0.25, -0.2) is 0 Å². The van der Waals surface area contributed by atoms with Gasteiger partial charge < -0.3 is 10.6 Å². The molecule has 1 aromatic rings. The Morgan fingerprint density at radius 3 is 2.53 bits per heavy atom. The van der Waals surface area contributed by atoms with Crippen molar-refractivity contribution in [1.82, 2.24) is 4.90 Å². The maximum Gasteiger partial charge on any atom is 0.0139 e. The van der Waals surface area contributed by atoms with Crippen LogP contribution in [0.25, 0.3) is 0 Å². The van der Waals surface area contributed by atoms with E-state index in [1.165, 1.54) is 12.0 Å². The van der Waals surface area contributed by atoms with E-state index in [2.05, 4.69) is 42.3 Å². The Labute approximate surface area is 93.1 Å². The van der Waals surface area contributed by atoms with Gasteiger partial charge in [-0.3, -0.25) is 0 Å². The highest BCUT2D eigenvalue weighted by molar-refractivity contribution is 5.14. The van der Waals surface area contributed by atoms with Crippen LogP contribution in [-0.2, 0) is 6.42 Å². The largest absolute Gasteiger partial charge is 0.327 e. The van der Waals surface area contributed by atoms with Crippen LogP contribution in [0.15, 0.2) is 30.3 Å². The SMILES string of the molecule is CC(N)CN(C)CCCc1ccccc1. The summed E-state index contributed by atoms with van der Waals surface area (Å²) in [5.41, 5.74) is 7.16. The van der Waals surface area contributed by atoms with Gasteiger partial charge in [-0.15, -0.1) is 0 Å². The van der Waals surface area contributed by atoms with Crippen LogP contribution < -0.4 is 5.73 Å². The number of likely N-dealkylation sites (N-methyl/N-ethyl adjacent to an activating group) is 1. The molecule has 2 N–H and O–H groups in total. The molecule has 1 atom stereocenters. The fraction of sp³-hybridized carbons (Fsp3) is 0.538. The average molecular weight is 206 g/mol. The fourth-order valence-electron chi connectivity index (χ4n) is 1.78. The molecule has 0 fully saturated rings. The summed E-state index contributed by atoms with van der Waals surface area (Å²) in [4.78, 5) is 2.30. The van der Waals surface area contributed by atoms with Crippen molar-refractivity contribution in [3.05, 3.63) is 35.9 Å². The van der Waals surface area contributed by atoms with Gasteiger partial charge in [0.1, 0.15) is 0 Å². The zero-order valence-corrected chi connectivity index (χ0v) is 9.82. The molecular formula is C13H22N2. The van der Waals surface area contributed by atoms with Crippen molar-refractivity contribution in [2.75, 3.05) is 20.1 Å². The maximum atomic E-state index is 5.73. The van der Waals surface area contributed by atoms with Gasteiger partial charge in [0.2, 0.25) is 0 Å². The third-order valence-corrected chi connectivity index (χ3v) is 2.45. The van der Waals surface area contributed by atoms with Gasteiger partial charge in [0.15, 0.2) is 0 Å². The molecule has 0 spiro atoms. The molecule has 0 radical (unpaired) electrons. The maximum absolute atomic E-state index is 5.73. The zero-order chi connectivity index (χ0) is 11.1. The quantitative estimate of drug-likeness (QED) is 0.770. The minimum Gasteiger partial charge on any atom is -0.327 e. The smallest absolute Gasteiger partial charge is 0.0139 e. The normalized spacial score (nSPS) is 13.1. The number of nitrogens with two attached hydrogens (primary N) is 1. The van der Waals surface area contributed by atoms with Crippen molar-refractivity contribution in [3.8, 4) is 0 Å². The zero-order valence-electron chi connectivity index (χ0n) is 9.82. The molecule has 0 saturated heterocycles. The Bertz CT molecular complexity index is 256.